The lowest BCUT2D eigenvalue weighted by Gasteiger charge is -2.27. The summed E-state index contributed by atoms with van der Waals surface area (Å²) in [6, 6.07) is 0.829. The highest BCUT2D eigenvalue weighted by molar-refractivity contribution is 4.86. The summed E-state index contributed by atoms with van der Waals surface area (Å²) < 4.78 is 0. The number of likely N-dealkylation sites (tertiary alicyclic amines) is 1. The molecule has 94 valence electrons. The highest BCUT2D eigenvalue weighted by atomic mass is 15.1. The topological polar surface area (TPSA) is 15.3 Å². The largest absolute Gasteiger partial charge is 0.312 e. The van der Waals surface area contributed by atoms with E-state index >= 15 is 0 Å². The Labute approximate surface area is 101 Å². The minimum absolute atomic E-state index is 0.829. The second-order valence-corrected chi connectivity index (χ2v) is 5.59. The Bertz CT molecular complexity index is 183. The summed E-state index contributed by atoms with van der Waals surface area (Å²) in [5, 5.41) is 3.79. The molecule has 2 nitrogen and oxygen atoms in total. The van der Waals surface area contributed by atoms with Gasteiger partial charge < -0.3 is 10.2 Å². The van der Waals surface area contributed by atoms with Crippen molar-refractivity contribution in [2.45, 2.75) is 57.9 Å². The van der Waals surface area contributed by atoms with Crippen molar-refractivity contribution in [1.82, 2.24) is 10.2 Å². The van der Waals surface area contributed by atoms with E-state index < -0.39 is 0 Å². The van der Waals surface area contributed by atoms with Crippen molar-refractivity contribution in [1.29, 1.82) is 0 Å². The van der Waals surface area contributed by atoms with Gasteiger partial charge in [-0.2, -0.15) is 0 Å². The third-order valence-electron chi connectivity index (χ3n) is 4.07. The quantitative estimate of drug-likeness (QED) is 0.715. The third kappa shape index (κ3) is 4.06. The molecule has 0 bridgehead atoms. The summed E-state index contributed by atoms with van der Waals surface area (Å²) in [7, 11) is 0. The van der Waals surface area contributed by atoms with Gasteiger partial charge in [0.05, 0.1) is 0 Å². The van der Waals surface area contributed by atoms with Gasteiger partial charge in [-0.25, -0.2) is 0 Å². The summed E-state index contributed by atoms with van der Waals surface area (Å²) in [6.45, 7) is 7.46. The third-order valence-corrected chi connectivity index (χ3v) is 4.07. The first-order chi connectivity index (χ1) is 7.90. The fraction of sp³-hybridized carbons (Fsp3) is 1.00. The Morgan fingerprint density at radius 1 is 1.19 bits per heavy atom. The predicted molar refractivity (Wildman–Crippen MR) is 69.7 cm³/mol. The van der Waals surface area contributed by atoms with Crippen LogP contribution in [0.2, 0.25) is 0 Å². The first kappa shape index (κ1) is 12.4. The van der Waals surface area contributed by atoms with Crippen LogP contribution < -0.4 is 5.32 Å². The summed E-state index contributed by atoms with van der Waals surface area (Å²) in [5.74, 6) is 1.02. The molecule has 0 aromatic carbocycles. The van der Waals surface area contributed by atoms with Crippen LogP contribution >= 0.6 is 0 Å². The number of hydrogen-bond donors (Lipinski definition) is 1. The second kappa shape index (κ2) is 6.61. The minimum Gasteiger partial charge on any atom is -0.312 e. The van der Waals surface area contributed by atoms with E-state index in [4.69, 9.17) is 0 Å². The highest BCUT2D eigenvalue weighted by Crippen LogP contribution is 2.34. The van der Waals surface area contributed by atoms with Gasteiger partial charge >= 0.3 is 0 Å². The van der Waals surface area contributed by atoms with Crippen molar-refractivity contribution < 1.29 is 0 Å². The van der Waals surface area contributed by atoms with Crippen LogP contribution in [-0.4, -0.2) is 37.1 Å². The molecule has 16 heavy (non-hydrogen) atoms. The van der Waals surface area contributed by atoms with Gasteiger partial charge in [0, 0.05) is 19.1 Å². The lowest BCUT2D eigenvalue weighted by Crippen LogP contribution is -2.40. The molecule has 0 aromatic rings. The Hall–Kier alpha value is -0.0800. The maximum atomic E-state index is 3.79. The van der Waals surface area contributed by atoms with E-state index in [1.807, 2.05) is 0 Å². The Morgan fingerprint density at radius 2 is 1.94 bits per heavy atom. The maximum absolute atomic E-state index is 3.79. The smallest absolute Gasteiger partial charge is 0.0107 e. The summed E-state index contributed by atoms with van der Waals surface area (Å²) in [5.41, 5.74) is 0. The summed E-state index contributed by atoms with van der Waals surface area (Å²) in [6.07, 6.45) is 9.94. The van der Waals surface area contributed by atoms with Crippen LogP contribution in [0.15, 0.2) is 0 Å². The molecule has 1 saturated carbocycles. The van der Waals surface area contributed by atoms with Gasteiger partial charge in [-0.15, -0.1) is 0 Å². The van der Waals surface area contributed by atoms with Gasteiger partial charge in [-0.3, -0.25) is 0 Å². The molecule has 2 heteroatoms. The normalized spacial score (nSPS) is 24.6. The van der Waals surface area contributed by atoms with E-state index in [1.54, 1.807) is 0 Å². The first-order valence-electron chi connectivity index (χ1n) is 7.36. The average molecular weight is 224 g/mol. The molecule has 2 aliphatic rings. The van der Waals surface area contributed by atoms with Gasteiger partial charge in [-0.1, -0.05) is 19.8 Å². The average Bonchev–Trinajstić information content (AvgIpc) is 3.13. The molecule has 0 amide bonds. The molecular weight excluding hydrogens is 196 g/mol. The van der Waals surface area contributed by atoms with Gasteiger partial charge in [0.25, 0.3) is 0 Å². The molecule has 1 unspecified atom stereocenters. The van der Waals surface area contributed by atoms with Crippen LogP contribution in [0.3, 0.4) is 0 Å². The van der Waals surface area contributed by atoms with E-state index in [0.29, 0.717) is 0 Å². The number of nitrogens with one attached hydrogen (secondary N) is 1. The molecule has 1 atom stereocenters. The summed E-state index contributed by atoms with van der Waals surface area (Å²) in [4.78, 5) is 2.63. The van der Waals surface area contributed by atoms with E-state index in [-0.39, 0.29) is 0 Å². The van der Waals surface area contributed by atoms with Gasteiger partial charge in [-0.05, 0) is 51.1 Å². The highest BCUT2D eigenvalue weighted by Gasteiger charge is 2.29. The zero-order valence-electron chi connectivity index (χ0n) is 10.9. The minimum atomic E-state index is 0.829. The second-order valence-electron chi connectivity index (χ2n) is 5.59. The van der Waals surface area contributed by atoms with Crippen molar-refractivity contribution in [3.05, 3.63) is 0 Å². The van der Waals surface area contributed by atoms with Gasteiger partial charge in [0.15, 0.2) is 0 Å². The standard InChI is InChI=1S/C14H28N2/c1-2-6-14(13-7-8-13)15-9-12-16-10-4-3-5-11-16/h13-15H,2-12H2,1H3. The van der Waals surface area contributed by atoms with Gasteiger partial charge in [0.1, 0.15) is 0 Å². The Balaban J connectivity index is 1.57. The fourth-order valence-electron chi connectivity index (χ4n) is 2.91. The molecular formula is C14H28N2. The van der Waals surface area contributed by atoms with Crippen molar-refractivity contribution in [2.24, 2.45) is 5.92 Å². The molecule has 2 fully saturated rings. The molecule has 2 rings (SSSR count). The van der Waals surface area contributed by atoms with E-state index in [0.717, 1.165) is 12.0 Å². The number of rotatable bonds is 7. The van der Waals surface area contributed by atoms with Crippen molar-refractivity contribution >= 4 is 0 Å². The lowest BCUT2D eigenvalue weighted by atomic mass is 10.1. The fourth-order valence-corrected chi connectivity index (χ4v) is 2.91. The Morgan fingerprint density at radius 3 is 2.56 bits per heavy atom. The van der Waals surface area contributed by atoms with Crippen LogP contribution in [0.5, 0.6) is 0 Å². The van der Waals surface area contributed by atoms with E-state index in [2.05, 4.69) is 17.1 Å². The summed E-state index contributed by atoms with van der Waals surface area (Å²) >= 11 is 0. The van der Waals surface area contributed by atoms with E-state index in [9.17, 15) is 0 Å². The molecule has 0 radical (unpaired) electrons. The van der Waals surface area contributed by atoms with Crippen molar-refractivity contribution in [3.63, 3.8) is 0 Å². The molecule has 0 spiro atoms. The van der Waals surface area contributed by atoms with Crippen molar-refractivity contribution in [2.75, 3.05) is 26.2 Å². The van der Waals surface area contributed by atoms with Crippen LogP contribution in [0.4, 0.5) is 0 Å². The molecule has 1 N–H and O–H groups in total. The van der Waals surface area contributed by atoms with E-state index in [1.165, 1.54) is 71.1 Å². The number of hydrogen-bond acceptors (Lipinski definition) is 2. The van der Waals surface area contributed by atoms with Crippen LogP contribution in [0.1, 0.15) is 51.9 Å². The first-order valence-corrected chi connectivity index (χ1v) is 7.36. The van der Waals surface area contributed by atoms with Gasteiger partial charge in [0.2, 0.25) is 0 Å². The SMILES string of the molecule is CCCC(NCCN1CCCCC1)C1CC1. The lowest BCUT2D eigenvalue weighted by molar-refractivity contribution is 0.224. The number of piperidine rings is 1. The molecule has 1 aliphatic carbocycles. The van der Waals surface area contributed by atoms with Crippen molar-refractivity contribution in [3.8, 4) is 0 Å². The maximum Gasteiger partial charge on any atom is 0.0107 e. The van der Waals surface area contributed by atoms with Crippen LogP contribution in [0, 0.1) is 5.92 Å². The molecule has 0 aromatic heterocycles. The van der Waals surface area contributed by atoms with Crippen LogP contribution in [-0.2, 0) is 0 Å². The predicted octanol–water partition coefficient (Wildman–Crippen LogP) is 2.64. The molecule has 1 saturated heterocycles. The van der Waals surface area contributed by atoms with Crippen LogP contribution in [0.25, 0.3) is 0 Å². The Kier molecular flexibility index (Phi) is 5.11. The molecule has 1 aliphatic heterocycles. The zero-order valence-corrected chi connectivity index (χ0v) is 10.9. The monoisotopic (exact) mass is 224 g/mol. The number of nitrogens with zero attached hydrogens (tertiary/aromatic N) is 1. The molecule has 1 heterocycles. The zero-order chi connectivity index (χ0) is 11.2.